The molecule has 0 radical (unpaired) electrons. The monoisotopic (exact) mass is 234 g/mol. The van der Waals surface area contributed by atoms with Gasteiger partial charge < -0.3 is 15.3 Å². The van der Waals surface area contributed by atoms with Gasteiger partial charge in [0.15, 0.2) is 0 Å². The Morgan fingerprint density at radius 1 is 1.41 bits per heavy atom. The Kier molecular flexibility index (Phi) is 3.33. The first kappa shape index (κ1) is 11.9. The van der Waals surface area contributed by atoms with Crippen molar-refractivity contribution in [3.05, 3.63) is 29.3 Å². The zero-order valence-electron chi connectivity index (χ0n) is 10.2. The van der Waals surface area contributed by atoms with Crippen LogP contribution < -0.4 is 10.2 Å². The number of carboxylic acid groups (broad SMARTS) is 1. The van der Waals surface area contributed by atoms with E-state index in [0.29, 0.717) is 6.54 Å². The van der Waals surface area contributed by atoms with Crippen molar-refractivity contribution in [2.75, 3.05) is 24.5 Å². The van der Waals surface area contributed by atoms with Crippen molar-refractivity contribution in [1.29, 1.82) is 0 Å². The van der Waals surface area contributed by atoms with E-state index in [9.17, 15) is 9.90 Å². The number of aliphatic carboxylic acids is 1. The number of carboxylic acids is 1. The Labute approximate surface area is 101 Å². The van der Waals surface area contributed by atoms with Gasteiger partial charge in [-0.1, -0.05) is 6.07 Å². The molecule has 17 heavy (non-hydrogen) atoms. The van der Waals surface area contributed by atoms with Crippen LogP contribution in [0.1, 0.15) is 11.1 Å². The Bertz CT molecular complexity index is 431. The summed E-state index contributed by atoms with van der Waals surface area (Å²) in [6.07, 6.45) is 0. The van der Waals surface area contributed by atoms with Crippen LogP contribution in [0.2, 0.25) is 0 Å². The molecule has 0 aromatic heterocycles. The average Bonchev–Trinajstić information content (AvgIpc) is 2.32. The van der Waals surface area contributed by atoms with Gasteiger partial charge in [0, 0.05) is 25.3 Å². The van der Waals surface area contributed by atoms with Crippen molar-refractivity contribution in [2.24, 2.45) is 0 Å². The zero-order valence-corrected chi connectivity index (χ0v) is 10.2. The third kappa shape index (κ3) is 2.42. The Hall–Kier alpha value is -1.55. The summed E-state index contributed by atoms with van der Waals surface area (Å²) in [6.45, 7) is 6.18. The largest absolute Gasteiger partial charge is 0.480 e. The maximum Gasteiger partial charge on any atom is 0.327 e. The lowest BCUT2D eigenvalue weighted by atomic mass is 10.1. The average molecular weight is 234 g/mol. The van der Waals surface area contributed by atoms with Crippen molar-refractivity contribution >= 4 is 11.7 Å². The zero-order chi connectivity index (χ0) is 12.4. The van der Waals surface area contributed by atoms with Crippen LogP contribution in [0.15, 0.2) is 18.2 Å². The molecule has 1 unspecified atom stereocenters. The number of benzene rings is 1. The molecule has 1 fully saturated rings. The van der Waals surface area contributed by atoms with Crippen LogP contribution in [0.5, 0.6) is 0 Å². The standard InChI is InChI=1S/C13H18N2O2/c1-9-3-4-11(7-10(9)2)15-6-5-14-8-12(15)13(16)17/h3-4,7,12,14H,5-6,8H2,1-2H3,(H,16,17). The second kappa shape index (κ2) is 4.75. The van der Waals surface area contributed by atoms with E-state index in [1.165, 1.54) is 11.1 Å². The highest BCUT2D eigenvalue weighted by Gasteiger charge is 2.28. The molecule has 4 heteroatoms. The van der Waals surface area contributed by atoms with Crippen LogP contribution in [-0.4, -0.2) is 36.8 Å². The molecule has 0 amide bonds. The molecule has 4 nitrogen and oxygen atoms in total. The lowest BCUT2D eigenvalue weighted by molar-refractivity contribution is -0.138. The number of piperazine rings is 1. The Morgan fingerprint density at radius 3 is 2.82 bits per heavy atom. The molecule has 0 aliphatic carbocycles. The highest BCUT2D eigenvalue weighted by atomic mass is 16.4. The summed E-state index contributed by atoms with van der Waals surface area (Å²) in [6, 6.07) is 5.65. The number of nitrogens with zero attached hydrogens (tertiary/aromatic N) is 1. The lowest BCUT2D eigenvalue weighted by Gasteiger charge is -2.35. The maximum absolute atomic E-state index is 11.2. The maximum atomic E-state index is 11.2. The van der Waals surface area contributed by atoms with E-state index in [4.69, 9.17) is 0 Å². The van der Waals surface area contributed by atoms with Crippen molar-refractivity contribution in [1.82, 2.24) is 5.32 Å². The molecule has 0 bridgehead atoms. The second-order valence-corrected chi connectivity index (χ2v) is 4.52. The topological polar surface area (TPSA) is 52.6 Å². The number of anilines is 1. The minimum absolute atomic E-state index is 0.467. The highest BCUT2D eigenvalue weighted by Crippen LogP contribution is 2.21. The Morgan fingerprint density at radius 2 is 2.18 bits per heavy atom. The van der Waals surface area contributed by atoms with E-state index in [0.717, 1.165) is 18.8 Å². The van der Waals surface area contributed by atoms with E-state index in [2.05, 4.69) is 25.2 Å². The third-order valence-corrected chi connectivity index (χ3v) is 3.35. The first-order chi connectivity index (χ1) is 8.09. The van der Waals surface area contributed by atoms with Gasteiger partial charge in [0.25, 0.3) is 0 Å². The van der Waals surface area contributed by atoms with Crippen LogP contribution in [0.25, 0.3) is 0 Å². The van der Waals surface area contributed by atoms with Crippen LogP contribution in [0, 0.1) is 13.8 Å². The van der Waals surface area contributed by atoms with Crippen molar-refractivity contribution in [3.8, 4) is 0 Å². The van der Waals surface area contributed by atoms with Crippen LogP contribution in [0.4, 0.5) is 5.69 Å². The molecule has 1 aliphatic rings. The number of hydrogen-bond acceptors (Lipinski definition) is 3. The number of nitrogens with one attached hydrogen (secondary N) is 1. The molecule has 2 N–H and O–H groups in total. The second-order valence-electron chi connectivity index (χ2n) is 4.52. The van der Waals surface area contributed by atoms with Crippen LogP contribution in [-0.2, 0) is 4.79 Å². The first-order valence-corrected chi connectivity index (χ1v) is 5.87. The van der Waals surface area contributed by atoms with E-state index < -0.39 is 12.0 Å². The van der Waals surface area contributed by atoms with E-state index in [1.54, 1.807) is 0 Å². The van der Waals surface area contributed by atoms with Gasteiger partial charge in [-0.3, -0.25) is 0 Å². The van der Waals surface area contributed by atoms with E-state index in [-0.39, 0.29) is 0 Å². The number of rotatable bonds is 2. The quantitative estimate of drug-likeness (QED) is 0.806. The van der Waals surface area contributed by atoms with Gasteiger partial charge in [-0.2, -0.15) is 0 Å². The predicted molar refractivity (Wildman–Crippen MR) is 67.6 cm³/mol. The number of carbonyl (C=O) groups is 1. The summed E-state index contributed by atoms with van der Waals surface area (Å²) in [5.41, 5.74) is 3.43. The summed E-state index contributed by atoms with van der Waals surface area (Å²) in [4.78, 5) is 13.2. The van der Waals surface area contributed by atoms with Gasteiger partial charge >= 0.3 is 5.97 Å². The predicted octanol–water partition coefficient (Wildman–Crippen LogP) is 1.17. The molecule has 0 spiro atoms. The molecule has 2 rings (SSSR count). The van der Waals surface area contributed by atoms with E-state index >= 15 is 0 Å². The van der Waals surface area contributed by atoms with Gasteiger partial charge in [0.2, 0.25) is 0 Å². The van der Waals surface area contributed by atoms with Gasteiger partial charge in [-0.25, -0.2) is 4.79 Å². The minimum atomic E-state index is -0.768. The molecule has 1 aromatic rings. The van der Waals surface area contributed by atoms with Crippen LogP contribution in [0.3, 0.4) is 0 Å². The summed E-state index contributed by atoms with van der Waals surface area (Å²) in [5.74, 6) is -0.768. The van der Waals surface area contributed by atoms with Gasteiger partial charge in [-0.15, -0.1) is 0 Å². The summed E-state index contributed by atoms with van der Waals surface area (Å²) >= 11 is 0. The molecular weight excluding hydrogens is 216 g/mol. The number of hydrogen-bond donors (Lipinski definition) is 2. The smallest absolute Gasteiger partial charge is 0.327 e. The SMILES string of the molecule is Cc1ccc(N2CCNCC2C(=O)O)cc1C. The summed E-state index contributed by atoms with van der Waals surface area (Å²) < 4.78 is 0. The fourth-order valence-electron chi connectivity index (χ4n) is 2.14. The third-order valence-electron chi connectivity index (χ3n) is 3.35. The molecular formula is C13H18N2O2. The minimum Gasteiger partial charge on any atom is -0.480 e. The van der Waals surface area contributed by atoms with Crippen molar-refractivity contribution in [2.45, 2.75) is 19.9 Å². The summed E-state index contributed by atoms with van der Waals surface area (Å²) in [7, 11) is 0. The molecule has 0 saturated carbocycles. The molecule has 92 valence electrons. The fourth-order valence-corrected chi connectivity index (χ4v) is 2.14. The molecule has 1 aromatic carbocycles. The highest BCUT2D eigenvalue weighted by molar-refractivity contribution is 5.79. The molecule has 1 aliphatic heterocycles. The van der Waals surface area contributed by atoms with Gasteiger partial charge in [0.05, 0.1) is 0 Å². The van der Waals surface area contributed by atoms with E-state index in [1.807, 2.05) is 17.0 Å². The normalized spacial score (nSPS) is 20.4. The lowest BCUT2D eigenvalue weighted by Crippen LogP contribution is -2.55. The Balaban J connectivity index is 2.29. The van der Waals surface area contributed by atoms with Crippen LogP contribution >= 0.6 is 0 Å². The first-order valence-electron chi connectivity index (χ1n) is 5.87. The molecule has 1 heterocycles. The van der Waals surface area contributed by atoms with Gasteiger partial charge in [0.1, 0.15) is 6.04 Å². The van der Waals surface area contributed by atoms with Gasteiger partial charge in [-0.05, 0) is 37.1 Å². The number of aryl methyl sites for hydroxylation is 2. The van der Waals surface area contributed by atoms with Crippen molar-refractivity contribution in [3.63, 3.8) is 0 Å². The molecule has 1 saturated heterocycles. The fraction of sp³-hybridized carbons (Fsp3) is 0.462. The molecule has 1 atom stereocenters. The summed E-state index contributed by atoms with van der Waals surface area (Å²) in [5, 5.41) is 12.3. The van der Waals surface area contributed by atoms with Crippen molar-refractivity contribution < 1.29 is 9.90 Å².